The average molecular weight is 437 g/mol. The third-order valence-corrected chi connectivity index (χ3v) is 7.58. The van der Waals surface area contributed by atoms with Gasteiger partial charge in [-0.05, 0) is 31.4 Å². The minimum Gasteiger partial charge on any atom is -0.497 e. The second-order valence-electron chi connectivity index (χ2n) is 6.82. The van der Waals surface area contributed by atoms with Crippen molar-refractivity contribution in [3.63, 3.8) is 0 Å². The van der Waals surface area contributed by atoms with E-state index in [2.05, 4.69) is 4.72 Å². The number of nitrogens with one attached hydrogen (secondary N) is 1. The van der Waals surface area contributed by atoms with Gasteiger partial charge in [-0.2, -0.15) is 4.31 Å². The van der Waals surface area contributed by atoms with Crippen molar-refractivity contribution in [2.75, 3.05) is 47.3 Å². The molecule has 2 rings (SSSR count). The van der Waals surface area contributed by atoms with Crippen molar-refractivity contribution in [1.29, 1.82) is 0 Å². The van der Waals surface area contributed by atoms with Gasteiger partial charge in [-0.25, -0.2) is 21.6 Å². The number of benzene rings is 1. The molecule has 1 fully saturated rings. The van der Waals surface area contributed by atoms with Crippen molar-refractivity contribution in [3.05, 3.63) is 18.2 Å². The molecule has 1 aromatic carbocycles. The maximum atomic E-state index is 13.2. The molecule has 0 saturated carbocycles. The molecule has 0 radical (unpaired) electrons. The lowest BCUT2D eigenvalue weighted by atomic mass is 9.86. The number of rotatable bonds is 9. The number of nitrogens with zero attached hydrogens (tertiary/aromatic N) is 1. The number of sulfonamides is 2. The molecule has 1 aliphatic rings. The molecule has 1 aliphatic heterocycles. The van der Waals surface area contributed by atoms with E-state index in [0.29, 0.717) is 31.6 Å². The molecular formula is C17H28N2O7S2. The monoisotopic (exact) mass is 436 g/mol. The van der Waals surface area contributed by atoms with Gasteiger partial charge in [0, 0.05) is 38.4 Å². The Kier molecular flexibility index (Phi) is 7.32. The zero-order chi connectivity index (χ0) is 21.0. The molecular weight excluding hydrogens is 408 g/mol. The minimum atomic E-state index is -3.83. The first-order chi connectivity index (χ1) is 13.1. The Labute approximate surface area is 167 Å². The maximum Gasteiger partial charge on any atom is 0.246 e. The predicted molar refractivity (Wildman–Crippen MR) is 105 cm³/mol. The highest BCUT2D eigenvalue weighted by Crippen LogP contribution is 2.34. The topological polar surface area (TPSA) is 111 Å². The Hall–Kier alpha value is -1.40. The van der Waals surface area contributed by atoms with Gasteiger partial charge in [0.1, 0.15) is 16.4 Å². The molecule has 1 saturated heterocycles. The number of hydrogen-bond donors (Lipinski definition) is 1. The standard InChI is InChI=1S/C17H28N2O7S2/c1-24-12-9-17(18-27(4,20)21)7-10-19(11-8-17)28(22,23)16-13-14(25-2)5-6-15(16)26-3/h5-6,13,18H,7-12H2,1-4H3. The molecule has 28 heavy (non-hydrogen) atoms. The molecule has 0 aliphatic carbocycles. The van der Waals surface area contributed by atoms with Gasteiger partial charge in [0.2, 0.25) is 20.0 Å². The molecule has 0 unspecified atom stereocenters. The lowest BCUT2D eigenvalue weighted by Crippen LogP contribution is -2.56. The summed E-state index contributed by atoms with van der Waals surface area (Å²) in [5.41, 5.74) is -0.728. The smallest absolute Gasteiger partial charge is 0.246 e. The van der Waals surface area contributed by atoms with E-state index >= 15 is 0 Å². The summed E-state index contributed by atoms with van der Waals surface area (Å²) >= 11 is 0. The van der Waals surface area contributed by atoms with E-state index in [1.54, 1.807) is 19.2 Å². The third kappa shape index (κ3) is 5.35. The van der Waals surface area contributed by atoms with Crippen LogP contribution in [0.25, 0.3) is 0 Å². The number of methoxy groups -OCH3 is 3. The Morgan fingerprint density at radius 1 is 1.07 bits per heavy atom. The van der Waals surface area contributed by atoms with Gasteiger partial charge in [-0.15, -0.1) is 0 Å². The van der Waals surface area contributed by atoms with Crippen molar-refractivity contribution in [2.45, 2.75) is 29.7 Å². The fourth-order valence-electron chi connectivity index (χ4n) is 3.37. The highest BCUT2D eigenvalue weighted by atomic mass is 32.2. The molecule has 11 heteroatoms. The first kappa shape index (κ1) is 22.9. The van der Waals surface area contributed by atoms with Crippen LogP contribution >= 0.6 is 0 Å². The molecule has 0 atom stereocenters. The van der Waals surface area contributed by atoms with Crippen LogP contribution in [0.15, 0.2) is 23.1 Å². The third-order valence-electron chi connectivity index (χ3n) is 4.85. The summed E-state index contributed by atoms with van der Waals surface area (Å²) < 4.78 is 69.5. The zero-order valence-corrected chi connectivity index (χ0v) is 18.2. The normalized spacial score (nSPS) is 18.0. The summed E-state index contributed by atoms with van der Waals surface area (Å²) in [7, 11) is -2.87. The molecule has 1 N–H and O–H groups in total. The van der Waals surface area contributed by atoms with Crippen molar-refractivity contribution in [1.82, 2.24) is 9.03 Å². The van der Waals surface area contributed by atoms with Gasteiger partial charge in [0.15, 0.2) is 0 Å². The molecule has 160 valence electrons. The Morgan fingerprint density at radius 2 is 1.71 bits per heavy atom. The fraction of sp³-hybridized carbons (Fsp3) is 0.647. The molecule has 0 aromatic heterocycles. The van der Waals surface area contributed by atoms with E-state index in [1.807, 2.05) is 0 Å². The van der Waals surface area contributed by atoms with Gasteiger partial charge in [0.05, 0.1) is 20.5 Å². The van der Waals surface area contributed by atoms with Crippen LogP contribution in [-0.4, -0.2) is 74.0 Å². The lowest BCUT2D eigenvalue weighted by Gasteiger charge is -2.41. The van der Waals surface area contributed by atoms with Gasteiger partial charge in [0.25, 0.3) is 0 Å². The molecule has 0 spiro atoms. The molecule has 0 amide bonds. The SMILES string of the molecule is COCCC1(NS(C)(=O)=O)CCN(S(=O)(=O)c2cc(OC)ccc2OC)CC1. The van der Waals surface area contributed by atoms with E-state index in [-0.39, 0.29) is 23.7 Å². The van der Waals surface area contributed by atoms with Crippen LogP contribution in [0, 0.1) is 0 Å². The molecule has 1 heterocycles. The summed E-state index contributed by atoms with van der Waals surface area (Å²) in [4.78, 5) is 0.0230. The van der Waals surface area contributed by atoms with Crippen molar-refractivity contribution in [2.24, 2.45) is 0 Å². The van der Waals surface area contributed by atoms with Crippen LogP contribution in [0.5, 0.6) is 11.5 Å². The first-order valence-corrected chi connectivity index (χ1v) is 12.1. The van der Waals surface area contributed by atoms with E-state index in [4.69, 9.17) is 14.2 Å². The zero-order valence-electron chi connectivity index (χ0n) is 16.6. The van der Waals surface area contributed by atoms with Crippen LogP contribution in [0.3, 0.4) is 0 Å². The van der Waals surface area contributed by atoms with Gasteiger partial charge in [-0.3, -0.25) is 0 Å². The van der Waals surface area contributed by atoms with Crippen LogP contribution in [0.1, 0.15) is 19.3 Å². The van der Waals surface area contributed by atoms with Crippen LogP contribution < -0.4 is 14.2 Å². The molecule has 9 nitrogen and oxygen atoms in total. The summed E-state index contributed by atoms with van der Waals surface area (Å²) in [6, 6.07) is 4.60. The lowest BCUT2D eigenvalue weighted by molar-refractivity contribution is 0.132. The van der Waals surface area contributed by atoms with Crippen molar-refractivity contribution < 1.29 is 31.0 Å². The quantitative estimate of drug-likeness (QED) is 0.610. The molecule has 0 bridgehead atoms. The Balaban J connectivity index is 2.27. The van der Waals surface area contributed by atoms with Gasteiger partial charge < -0.3 is 14.2 Å². The average Bonchev–Trinajstić information content (AvgIpc) is 2.65. The number of ether oxygens (including phenoxy) is 3. The second-order valence-corrected chi connectivity index (χ2v) is 10.5. The van der Waals surface area contributed by atoms with Crippen LogP contribution in [0.2, 0.25) is 0 Å². The van der Waals surface area contributed by atoms with Crippen molar-refractivity contribution >= 4 is 20.0 Å². The first-order valence-electron chi connectivity index (χ1n) is 8.77. The van der Waals surface area contributed by atoms with Crippen molar-refractivity contribution in [3.8, 4) is 11.5 Å². The second kappa shape index (κ2) is 8.95. The van der Waals surface area contributed by atoms with E-state index < -0.39 is 25.6 Å². The van der Waals surface area contributed by atoms with E-state index in [9.17, 15) is 16.8 Å². The fourth-order valence-corrected chi connectivity index (χ4v) is 6.08. The summed E-state index contributed by atoms with van der Waals surface area (Å²) in [6.07, 6.45) is 2.25. The van der Waals surface area contributed by atoms with Gasteiger partial charge in [-0.1, -0.05) is 0 Å². The Bertz CT molecular complexity index is 877. The van der Waals surface area contributed by atoms with Crippen LogP contribution in [0.4, 0.5) is 0 Å². The summed E-state index contributed by atoms with van der Waals surface area (Å²) in [6.45, 7) is 0.725. The van der Waals surface area contributed by atoms with Gasteiger partial charge >= 0.3 is 0 Å². The number of hydrogen-bond acceptors (Lipinski definition) is 7. The maximum absolute atomic E-state index is 13.2. The largest absolute Gasteiger partial charge is 0.497 e. The van der Waals surface area contributed by atoms with E-state index in [1.165, 1.54) is 24.6 Å². The molecule has 1 aromatic rings. The highest BCUT2D eigenvalue weighted by Gasteiger charge is 2.40. The number of piperidine rings is 1. The van der Waals surface area contributed by atoms with Crippen LogP contribution in [-0.2, 0) is 24.8 Å². The van der Waals surface area contributed by atoms with E-state index in [0.717, 1.165) is 6.26 Å². The highest BCUT2D eigenvalue weighted by molar-refractivity contribution is 7.89. The Morgan fingerprint density at radius 3 is 2.21 bits per heavy atom. The predicted octanol–water partition coefficient (Wildman–Crippen LogP) is 0.813. The summed E-state index contributed by atoms with van der Waals surface area (Å²) in [5, 5.41) is 0. The minimum absolute atomic E-state index is 0.0230. The summed E-state index contributed by atoms with van der Waals surface area (Å²) in [5.74, 6) is 0.635.